The first-order chi connectivity index (χ1) is 8.83. The Bertz CT molecular complexity index is 498. The molecule has 2 aliphatic heterocycles. The molecule has 0 aromatic carbocycles. The zero-order valence-corrected chi connectivity index (χ0v) is 10.9. The van der Waals surface area contributed by atoms with Gasteiger partial charge in [0.25, 0.3) is 5.91 Å². The number of hydrogen-bond acceptors (Lipinski definition) is 4. The van der Waals surface area contributed by atoms with Crippen LogP contribution in [-0.2, 0) is 4.79 Å². The van der Waals surface area contributed by atoms with Crippen molar-refractivity contribution in [3.05, 3.63) is 28.1 Å². The quantitative estimate of drug-likeness (QED) is 0.786. The normalized spacial score (nSPS) is 22.2. The molecule has 1 aromatic rings. The Morgan fingerprint density at radius 3 is 2.89 bits per heavy atom. The van der Waals surface area contributed by atoms with E-state index in [-0.39, 0.29) is 5.91 Å². The number of likely N-dealkylation sites (tertiary alicyclic amines) is 1. The first-order valence-electron chi connectivity index (χ1n) is 6.23. The van der Waals surface area contributed by atoms with Crippen molar-refractivity contribution in [1.82, 2.24) is 10.2 Å². The van der Waals surface area contributed by atoms with E-state index in [9.17, 15) is 4.79 Å². The Kier molecular flexibility index (Phi) is 3.15. The lowest BCUT2D eigenvalue weighted by Crippen LogP contribution is -2.43. The highest BCUT2D eigenvalue weighted by Crippen LogP contribution is 2.18. The highest BCUT2D eigenvalue weighted by atomic mass is 32.1. The smallest absolute Gasteiger partial charge is 0.276 e. The summed E-state index contributed by atoms with van der Waals surface area (Å²) >= 11 is 1.61. The van der Waals surface area contributed by atoms with Gasteiger partial charge in [-0.15, -0.1) is 11.3 Å². The number of thiophene rings is 1. The fourth-order valence-electron chi connectivity index (χ4n) is 2.22. The van der Waals surface area contributed by atoms with E-state index in [1.807, 2.05) is 23.6 Å². The number of carbonyl (C=O) groups is 1. The SMILES string of the molecule is O=C1NC(N2CCCCC2)=NC1=Cc1cccs1. The van der Waals surface area contributed by atoms with Crippen molar-refractivity contribution in [1.29, 1.82) is 0 Å². The summed E-state index contributed by atoms with van der Waals surface area (Å²) in [6.07, 6.45) is 5.48. The van der Waals surface area contributed by atoms with Gasteiger partial charge in [0.15, 0.2) is 0 Å². The molecule has 1 amide bonds. The van der Waals surface area contributed by atoms with Crippen LogP contribution in [0.25, 0.3) is 6.08 Å². The van der Waals surface area contributed by atoms with E-state index in [0.29, 0.717) is 5.70 Å². The molecule has 0 radical (unpaired) electrons. The fraction of sp³-hybridized carbons (Fsp3) is 0.385. The Morgan fingerprint density at radius 2 is 2.17 bits per heavy atom. The Morgan fingerprint density at radius 1 is 1.33 bits per heavy atom. The summed E-state index contributed by atoms with van der Waals surface area (Å²) in [7, 11) is 0. The van der Waals surface area contributed by atoms with Gasteiger partial charge in [-0.3, -0.25) is 10.1 Å². The first kappa shape index (κ1) is 11.5. The summed E-state index contributed by atoms with van der Waals surface area (Å²) in [5.74, 6) is 0.631. The van der Waals surface area contributed by atoms with Crippen LogP contribution < -0.4 is 5.32 Å². The Labute approximate surface area is 110 Å². The van der Waals surface area contributed by atoms with Crippen LogP contribution in [0.2, 0.25) is 0 Å². The monoisotopic (exact) mass is 261 g/mol. The number of aliphatic imine (C=N–C) groups is 1. The predicted octanol–water partition coefficient (Wildman–Crippen LogP) is 2.06. The molecule has 0 unspecified atom stereocenters. The van der Waals surface area contributed by atoms with E-state index < -0.39 is 0 Å². The summed E-state index contributed by atoms with van der Waals surface area (Å²) in [6.45, 7) is 1.98. The van der Waals surface area contributed by atoms with Crippen LogP contribution in [0.15, 0.2) is 28.2 Å². The van der Waals surface area contributed by atoms with Gasteiger partial charge in [0.2, 0.25) is 5.96 Å². The van der Waals surface area contributed by atoms with Gasteiger partial charge in [-0.2, -0.15) is 0 Å². The molecule has 3 rings (SSSR count). The van der Waals surface area contributed by atoms with Crippen LogP contribution in [0.1, 0.15) is 24.1 Å². The number of nitrogens with zero attached hydrogens (tertiary/aromatic N) is 2. The van der Waals surface area contributed by atoms with Crippen LogP contribution in [0.5, 0.6) is 0 Å². The summed E-state index contributed by atoms with van der Waals surface area (Å²) in [5.41, 5.74) is 0.512. The van der Waals surface area contributed by atoms with Gasteiger partial charge in [0.1, 0.15) is 5.70 Å². The minimum Gasteiger partial charge on any atom is -0.342 e. The molecule has 0 aliphatic carbocycles. The third-order valence-electron chi connectivity index (χ3n) is 3.16. The number of hydrogen-bond donors (Lipinski definition) is 1. The van der Waals surface area contributed by atoms with Gasteiger partial charge in [0.05, 0.1) is 0 Å². The van der Waals surface area contributed by atoms with E-state index in [1.54, 1.807) is 11.3 Å². The lowest BCUT2D eigenvalue weighted by molar-refractivity contribution is -0.115. The second-order valence-corrected chi connectivity index (χ2v) is 5.46. The van der Waals surface area contributed by atoms with Crippen LogP contribution >= 0.6 is 11.3 Å². The summed E-state index contributed by atoms with van der Waals surface area (Å²) < 4.78 is 0. The standard InChI is InChI=1S/C13H15N3OS/c17-12-11(9-10-5-4-8-18-10)14-13(15-12)16-6-2-1-3-7-16/h4-5,8-9H,1-3,6-7H2,(H,14,15,17). The zero-order valence-electron chi connectivity index (χ0n) is 10.1. The summed E-state index contributed by atoms with van der Waals surface area (Å²) in [6, 6.07) is 3.96. The lowest BCUT2D eigenvalue weighted by atomic mass is 10.1. The molecular formula is C13H15N3OS. The van der Waals surface area contributed by atoms with Crippen molar-refractivity contribution in [2.45, 2.75) is 19.3 Å². The van der Waals surface area contributed by atoms with Crippen LogP contribution in [0.4, 0.5) is 0 Å². The molecule has 2 aliphatic rings. The van der Waals surface area contributed by atoms with Gasteiger partial charge in [-0.1, -0.05) is 6.07 Å². The number of rotatable bonds is 1. The van der Waals surface area contributed by atoms with Crippen molar-refractivity contribution in [3.8, 4) is 0 Å². The molecule has 1 saturated heterocycles. The molecule has 0 spiro atoms. The van der Waals surface area contributed by atoms with Gasteiger partial charge in [0, 0.05) is 18.0 Å². The highest BCUT2D eigenvalue weighted by Gasteiger charge is 2.25. The number of carbonyl (C=O) groups excluding carboxylic acids is 1. The minimum atomic E-state index is -0.0935. The van der Waals surface area contributed by atoms with E-state index in [4.69, 9.17) is 0 Å². The molecule has 5 heteroatoms. The van der Waals surface area contributed by atoms with Crippen LogP contribution in [0.3, 0.4) is 0 Å². The molecule has 94 valence electrons. The molecule has 3 heterocycles. The maximum atomic E-state index is 11.8. The van der Waals surface area contributed by atoms with Crippen molar-refractivity contribution in [3.63, 3.8) is 0 Å². The van der Waals surface area contributed by atoms with Crippen molar-refractivity contribution in [2.24, 2.45) is 4.99 Å². The number of amides is 1. The number of guanidine groups is 1. The highest BCUT2D eigenvalue weighted by molar-refractivity contribution is 7.10. The third-order valence-corrected chi connectivity index (χ3v) is 3.98. The number of piperidine rings is 1. The predicted molar refractivity (Wildman–Crippen MR) is 73.3 cm³/mol. The van der Waals surface area contributed by atoms with Gasteiger partial charge in [-0.25, -0.2) is 4.99 Å². The molecule has 1 fully saturated rings. The summed E-state index contributed by atoms with van der Waals surface area (Å²) in [5, 5.41) is 4.85. The maximum Gasteiger partial charge on any atom is 0.276 e. The maximum absolute atomic E-state index is 11.8. The zero-order chi connectivity index (χ0) is 12.4. The van der Waals surface area contributed by atoms with Crippen molar-refractivity contribution >= 4 is 29.3 Å². The van der Waals surface area contributed by atoms with Crippen LogP contribution in [-0.4, -0.2) is 29.9 Å². The molecule has 0 bridgehead atoms. The molecule has 1 aromatic heterocycles. The van der Waals surface area contributed by atoms with E-state index in [1.165, 1.54) is 19.3 Å². The van der Waals surface area contributed by atoms with E-state index >= 15 is 0 Å². The van der Waals surface area contributed by atoms with Crippen molar-refractivity contribution in [2.75, 3.05) is 13.1 Å². The second kappa shape index (κ2) is 4.94. The third kappa shape index (κ3) is 2.31. The van der Waals surface area contributed by atoms with Gasteiger partial charge >= 0.3 is 0 Å². The molecule has 0 atom stereocenters. The average molecular weight is 261 g/mol. The topological polar surface area (TPSA) is 44.7 Å². The first-order valence-corrected chi connectivity index (χ1v) is 7.11. The fourth-order valence-corrected chi connectivity index (χ4v) is 2.87. The Hall–Kier alpha value is -1.62. The molecular weight excluding hydrogens is 246 g/mol. The second-order valence-electron chi connectivity index (χ2n) is 4.48. The average Bonchev–Trinajstić information content (AvgIpc) is 3.02. The number of nitrogens with one attached hydrogen (secondary N) is 1. The van der Waals surface area contributed by atoms with E-state index in [0.717, 1.165) is 23.9 Å². The minimum absolute atomic E-state index is 0.0935. The molecule has 0 saturated carbocycles. The lowest BCUT2D eigenvalue weighted by Gasteiger charge is -2.27. The van der Waals surface area contributed by atoms with Crippen LogP contribution in [0, 0.1) is 0 Å². The van der Waals surface area contributed by atoms with Crippen molar-refractivity contribution < 1.29 is 4.79 Å². The van der Waals surface area contributed by atoms with E-state index in [2.05, 4.69) is 15.2 Å². The summed E-state index contributed by atoms with van der Waals surface area (Å²) in [4.78, 5) is 19.5. The molecule has 1 N–H and O–H groups in total. The van der Waals surface area contributed by atoms with Gasteiger partial charge < -0.3 is 4.90 Å². The Balaban J connectivity index is 1.80. The largest absolute Gasteiger partial charge is 0.342 e. The molecule has 4 nitrogen and oxygen atoms in total. The molecule has 18 heavy (non-hydrogen) atoms. The van der Waals surface area contributed by atoms with Gasteiger partial charge in [-0.05, 0) is 36.8 Å².